The predicted octanol–water partition coefficient (Wildman–Crippen LogP) is 2.52. The molecule has 0 aliphatic carbocycles. The van der Waals surface area contributed by atoms with Crippen LogP contribution in [-0.2, 0) is 4.79 Å². The second-order valence-electron chi connectivity index (χ2n) is 8.01. The van der Waals surface area contributed by atoms with Crippen molar-refractivity contribution in [3.8, 4) is 11.5 Å². The van der Waals surface area contributed by atoms with E-state index in [0.717, 1.165) is 0 Å². The zero-order chi connectivity index (χ0) is 20.3. The van der Waals surface area contributed by atoms with E-state index < -0.39 is 12.0 Å². The molecular weight excluding hydrogens is 348 g/mol. The van der Waals surface area contributed by atoms with Crippen LogP contribution in [0.4, 0.5) is 0 Å². The summed E-state index contributed by atoms with van der Waals surface area (Å²) in [5, 5.41) is 32.6. The van der Waals surface area contributed by atoms with Crippen LogP contribution in [0.2, 0.25) is 0 Å². The van der Waals surface area contributed by atoms with Gasteiger partial charge in [-0.3, -0.25) is 14.9 Å². The van der Waals surface area contributed by atoms with Crippen LogP contribution in [0.5, 0.6) is 11.5 Å². The van der Waals surface area contributed by atoms with Crippen molar-refractivity contribution < 1.29 is 24.9 Å². The second-order valence-corrected chi connectivity index (χ2v) is 8.01. The van der Waals surface area contributed by atoms with Crippen LogP contribution in [0.1, 0.15) is 62.4 Å². The number of carbonyl (C=O) groups is 2. The third-order valence-corrected chi connectivity index (χ3v) is 4.91. The molecule has 1 aromatic rings. The SMILES string of the molecule is CC(C)C[C@H](NC1CCN(C(=O)c2cc(C(C)C)c(O)cc2O)C1)C(=O)O. The van der Waals surface area contributed by atoms with Gasteiger partial charge in [-0.05, 0) is 36.3 Å². The molecule has 1 aromatic carbocycles. The third kappa shape index (κ3) is 5.13. The van der Waals surface area contributed by atoms with Crippen molar-refractivity contribution in [2.45, 2.75) is 58.5 Å². The highest BCUT2D eigenvalue weighted by Crippen LogP contribution is 2.33. The number of hydrogen-bond donors (Lipinski definition) is 4. The number of nitrogens with zero attached hydrogens (tertiary/aromatic N) is 1. The molecule has 150 valence electrons. The molecule has 1 aliphatic heterocycles. The van der Waals surface area contributed by atoms with Crippen LogP contribution in [0.3, 0.4) is 0 Å². The maximum absolute atomic E-state index is 12.8. The van der Waals surface area contributed by atoms with Crippen LogP contribution in [-0.4, -0.2) is 57.3 Å². The Morgan fingerprint density at radius 3 is 2.41 bits per heavy atom. The lowest BCUT2D eigenvalue weighted by Gasteiger charge is -2.22. The summed E-state index contributed by atoms with van der Waals surface area (Å²) in [5.74, 6) is -1.21. The summed E-state index contributed by atoms with van der Waals surface area (Å²) in [7, 11) is 0. The van der Waals surface area contributed by atoms with Gasteiger partial charge in [-0.25, -0.2) is 0 Å². The Balaban J connectivity index is 2.09. The average molecular weight is 378 g/mol. The van der Waals surface area contributed by atoms with Crippen molar-refractivity contribution in [2.24, 2.45) is 5.92 Å². The zero-order valence-corrected chi connectivity index (χ0v) is 16.4. The van der Waals surface area contributed by atoms with Gasteiger partial charge in [0, 0.05) is 25.2 Å². The molecule has 27 heavy (non-hydrogen) atoms. The molecule has 0 radical (unpaired) electrons. The molecule has 2 atom stereocenters. The summed E-state index contributed by atoms with van der Waals surface area (Å²) in [5.41, 5.74) is 0.766. The number of benzene rings is 1. The number of amides is 1. The number of carboxylic acids is 1. The van der Waals surface area contributed by atoms with Gasteiger partial charge in [0.2, 0.25) is 0 Å². The molecule has 1 amide bonds. The number of aliphatic carboxylic acids is 1. The van der Waals surface area contributed by atoms with Crippen molar-refractivity contribution in [1.82, 2.24) is 10.2 Å². The predicted molar refractivity (Wildman–Crippen MR) is 102 cm³/mol. The Labute approximate surface area is 160 Å². The Morgan fingerprint density at radius 2 is 1.85 bits per heavy atom. The minimum absolute atomic E-state index is 0.0116. The standard InChI is InChI=1S/C20H30N2O5/c1-11(2)7-16(20(26)27)21-13-5-6-22(10-13)19(25)15-8-14(12(3)4)17(23)9-18(15)24/h8-9,11-13,16,21,23-24H,5-7,10H2,1-4H3,(H,26,27)/t13?,16-/m0/s1. The van der Waals surface area contributed by atoms with E-state index in [2.05, 4.69) is 5.32 Å². The van der Waals surface area contributed by atoms with E-state index in [1.165, 1.54) is 12.1 Å². The molecule has 1 aliphatic rings. The molecule has 1 unspecified atom stereocenters. The van der Waals surface area contributed by atoms with Crippen LogP contribution in [0.15, 0.2) is 12.1 Å². The Bertz CT molecular complexity index is 702. The van der Waals surface area contributed by atoms with Gasteiger partial charge >= 0.3 is 5.97 Å². The topological polar surface area (TPSA) is 110 Å². The Morgan fingerprint density at radius 1 is 1.19 bits per heavy atom. The van der Waals surface area contributed by atoms with Gasteiger partial charge in [0.25, 0.3) is 5.91 Å². The summed E-state index contributed by atoms with van der Waals surface area (Å²) >= 11 is 0. The first-order chi connectivity index (χ1) is 12.6. The van der Waals surface area contributed by atoms with Gasteiger partial charge in [-0.1, -0.05) is 27.7 Å². The maximum atomic E-state index is 12.8. The summed E-state index contributed by atoms with van der Waals surface area (Å²) in [4.78, 5) is 25.9. The van der Waals surface area contributed by atoms with E-state index in [1.807, 2.05) is 27.7 Å². The molecule has 0 saturated carbocycles. The molecular formula is C20H30N2O5. The van der Waals surface area contributed by atoms with Gasteiger partial charge in [-0.2, -0.15) is 0 Å². The molecule has 1 heterocycles. The number of likely N-dealkylation sites (tertiary alicyclic amines) is 1. The highest BCUT2D eigenvalue weighted by Gasteiger charge is 2.31. The molecule has 0 spiro atoms. The molecule has 4 N–H and O–H groups in total. The maximum Gasteiger partial charge on any atom is 0.320 e. The van der Waals surface area contributed by atoms with Crippen molar-refractivity contribution in [2.75, 3.05) is 13.1 Å². The summed E-state index contributed by atoms with van der Waals surface area (Å²) in [6.45, 7) is 8.62. The minimum atomic E-state index is -0.883. The fourth-order valence-corrected chi connectivity index (χ4v) is 3.47. The van der Waals surface area contributed by atoms with Crippen LogP contribution in [0, 0.1) is 5.92 Å². The van der Waals surface area contributed by atoms with Crippen LogP contribution in [0.25, 0.3) is 0 Å². The van der Waals surface area contributed by atoms with Crippen molar-refractivity contribution in [1.29, 1.82) is 0 Å². The number of phenols is 2. The van der Waals surface area contributed by atoms with E-state index in [0.29, 0.717) is 31.5 Å². The van der Waals surface area contributed by atoms with E-state index in [9.17, 15) is 24.9 Å². The van der Waals surface area contributed by atoms with Crippen molar-refractivity contribution in [3.05, 3.63) is 23.3 Å². The highest BCUT2D eigenvalue weighted by molar-refractivity contribution is 5.97. The van der Waals surface area contributed by atoms with E-state index in [-0.39, 0.29) is 40.8 Å². The Hall–Kier alpha value is -2.28. The zero-order valence-electron chi connectivity index (χ0n) is 16.4. The number of aromatic hydroxyl groups is 2. The van der Waals surface area contributed by atoms with Gasteiger partial charge in [0.05, 0.1) is 5.56 Å². The first-order valence-electron chi connectivity index (χ1n) is 9.44. The first kappa shape index (κ1) is 21.0. The molecule has 7 heteroatoms. The quantitative estimate of drug-likeness (QED) is 0.580. The van der Waals surface area contributed by atoms with E-state index in [1.54, 1.807) is 4.90 Å². The average Bonchev–Trinajstić information content (AvgIpc) is 3.01. The van der Waals surface area contributed by atoms with E-state index in [4.69, 9.17) is 0 Å². The Kier molecular flexibility index (Phi) is 6.70. The molecule has 0 aromatic heterocycles. The van der Waals surface area contributed by atoms with Gasteiger partial charge in [0.15, 0.2) is 0 Å². The summed E-state index contributed by atoms with van der Waals surface area (Å²) in [6.07, 6.45) is 1.18. The normalized spacial score (nSPS) is 18.3. The fourth-order valence-electron chi connectivity index (χ4n) is 3.47. The lowest BCUT2D eigenvalue weighted by atomic mass is 9.98. The summed E-state index contributed by atoms with van der Waals surface area (Å²) < 4.78 is 0. The highest BCUT2D eigenvalue weighted by atomic mass is 16.4. The smallest absolute Gasteiger partial charge is 0.320 e. The van der Waals surface area contributed by atoms with Gasteiger partial charge < -0.3 is 20.2 Å². The van der Waals surface area contributed by atoms with Gasteiger partial charge in [0.1, 0.15) is 17.5 Å². The first-order valence-corrected chi connectivity index (χ1v) is 9.44. The summed E-state index contributed by atoms with van der Waals surface area (Å²) in [6, 6.07) is 2.01. The molecule has 7 nitrogen and oxygen atoms in total. The lowest BCUT2D eigenvalue weighted by molar-refractivity contribution is -0.140. The number of nitrogens with one attached hydrogen (secondary N) is 1. The third-order valence-electron chi connectivity index (χ3n) is 4.91. The lowest BCUT2D eigenvalue weighted by Crippen LogP contribution is -2.45. The fraction of sp³-hybridized carbons (Fsp3) is 0.600. The number of phenolic OH excluding ortho intramolecular Hbond substituents is 2. The monoisotopic (exact) mass is 378 g/mol. The number of carboxylic acid groups (broad SMARTS) is 1. The van der Waals surface area contributed by atoms with E-state index >= 15 is 0 Å². The van der Waals surface area contributed by atoms with Crippen molar-refractivity contribution in [3.63, 3.8) is 0 Å². The number of hydrogen-bond acceptors (Lipinski definition) is 5. The molecule has 0 bridgehead atoms. The largest absolute Gasteiger partial charge is 0.508 e. The minimum Gasteiger partial charge on any atom is -0.508 e. The van der Waals surface area contributed by atoms with Crippen LogP contribution >= 0.6 is 0 Å². The van der Waals surface area contributed by atoms with Gasteiger partial charge in [-0.15, -0.1) is 0 Å². The molecule has 2 rings (SSSR count). The second kappa shape index (κ2) is 8.61. The van der Waals surface area contributed by atoms with Crippen LogP contribution < -0.4 is 5.32 Å². The van der Waals surface area contributed by atoms with Crippen molar-refractivity contribution >= 4 is 11.9 Å². The number of carbonyl (C=O) groups excluding carboxylic acids is 1. The molecule has 1 saturated heterocycles. The molecule has 1 fully saturated rings. The number of rotatable bonds is 7.